The summed E-state index contributed by atoms with van der Waals surface area (Å²) in [7, 11) is 1.48. The van der Waals surface area contributed by atoms with E-state index in [1.54, 1.807) is 6.07 Å². The van der Waals surface area contributed by atoms with Gasteiger partial charge in [0.2, 0.25) is 5.91 Å². The van der Waals surface area contributed by atoms with E-state index in [1.807, 2.05) is 0 Å². The lowest BCUT2D eigenvalue weighted by atomic mass is 10.3. The van der Waals surface area contributed by atoms with E-state index < -0.39 is 23.9 Å². The predicted molar refractivity (Wildman–Crippen MR) is 77.2 cm³/mol. The van der Waals surface area contributed by atoms with E-state index in [-0.39, 0.29) is 11.5 Å². The number of nitrogens with one attached hydrogen (secondary N) is 3. The summed E-state index contributed by atoms with van der Waals surface area (Å²) in [6.45, 7) is 1.47. The van der Waals surface area contributed by atoms with Crippen LogP contribution in [0.5, 0.6) is 0 Å². The van der Waals surface area contributed by atoms with E-state index in [9.17, 15) is 14.4 Å². The van der Waals surface area contributed by atoms with Crippen LogP contribution in [-0.2, 0) is 4.79 Å². The van der Waals surface area contributed by atoms with E-state index in [1.165, 1.54) is 30.8 Å². The molecular weight excluding hydrogens is 290 g/mol. The predicted octanol–water partition coefficient (Wildman–Crippen LogP) is -0.916. The monoisotopic (exact) mass is 305 g/mol. The van der Waals surface area contributed by atoms with Crippen LogP contribution in [0.1, 0.15) is 17.4 Å². The van der Waals surface area contributed by atoms with Crippen LogP contribution in [0.25, 0.3) is 5.65 Å². The minimum absolute atomic E-state index is 0.0875. The first-order chi connectivity index (χ1) is 10.4. The maximum Gasteiger partial charge on any atom is 0.320 e. The van der Waals surface area contributed by atoms with Crippen molar-refractivity contribution >= 4 is 29.3 Å². The first-order valence-electron chi connectivity index (χ1n) is 6.36. The molecule has 22 heavy (non-hydrogen) atoms. The molecule has 10 nitrogen and oxygen atoms in total. The van der Waals surface area contributed by atoms with E-state index in [4.69, 9.17) is 5.73 Å². The Morgan fingerprint density at radius 1 is 1.32 bits per heavy atom. The van der Waals surface area contributed by atoms with Gasteiger partial charge in [0.15, 0.2) is 11.5 Å². The normalized spacial score (nSPS) is 11.7. The third-order valence-electron chi connectivity index (χ3n) is 2.80. The zero-order valence-electron chi connectivity index (χ0n) is 12.0. The number of primary amides is 1. The fraction of sp³-hybridized carbons (Fsp3) is 0.250. The minimum atomic E-state index is -0.807. The van der Waals surface area contributed by atoms with Gasteiger partial charge < -0.3 is 16.4 Å². The highest BCUT2D eigenvalue weighted by Crippen LogP contribution is 2.09. The van der Waals surface area contributed by atoms with Gasteiger partial charge in [0.25, 0.3) is 5.91 Å². The molecule has 2 rings (SSSR count). The molecule has 0 spiro atoms. The SMILES string of the molecule is CNC(=O)Nc1cn2nc(C(=O)N[C@@H](C)C(N)=O)ccc2n1. The van der Waals surface area contributed by atoms with Crippen molar-refractivity contribution in [2.45, 2.75) is 13.0 Å². The molecule has 0 aliphatic carbocycles. The molecule has 0 aromatic carbocycles. The zero-order valence-corrected chi connectivity index (χ0v) is 12.0. The summed E-state index contributed by atoms with van der Waals surface area (Å²) in [4.78, 5) is 38.2. The molecule has 0 radical (unpaired) electrons. The fourth-order valence-corrected chi connectivity index (χ4v) is 1.58. The van der Waals surface area contributed by atoms with Crippen molar-refractivity contribution in [3.05, 3.63) is 24.0 Å². The number of rotatable bonds is 4. The lowest BCUT2D eigenvalue weighted by molar-refractivity contribution is -0.119. The number of hydrogen-bond acceptors (Lipinski definition) is 5. The molecule has 0 unspecified atom stereocenters. The third-order valence-corrected chi connectivity index (χ3v) is 2.80. The van der Waals surface area contributed by atoms with Gasteiger partial charge in [0, 0.05) is 7.05 Å². The lowest BCUT2D eigenvalue weighted by Gasteiger charge is -2.09. The van der Waals surface area contributed by atoms with E-state index in [0.717, 1.165) is 0 Å². The standard InChI is InChI=1S/C12H15N7O3/c1-6(10(13)20)15-11(21)7-3-4-9-16-8(5-19(9)18-7)17-12(22)14-2/h3-6H,1-2H3,(H2,13,20)(H,15,21)(H2,14,17,22)/t6-/m0/s1. The van der Waals surface area contributed by atoms with Gasteiger partial charge in [-0.25, -0.2) is 14.3 Å². The molecule has 0 saturated carbocycles. The Morgan fingerprint density at radius 2 is 2.05 bits per heavy atom. The summed E-state index contributed by atoms with van der Waals surface area (Å²) in [5, 5.41) is 11.4. The highest BCUT2D eigenvalue weighted by Gasteiger charge is 2.16. The van der Waals surface area contributed by atoms with Crippen molar-refractivity contribution in [1.29, 1.82) is 0 Å². The van der Waals surface area contributed by atoms with Gasteiger partial charge in [-0.1, -0.05) is 0 Å². The molecule has 10 heteroatoms. The molecule has 0 saturated heterocycles. The van der Waals surface area contributed by atoms with Gasteiger partial charge in [0.05, 0.1) is 6.20 Å². The van der Waals surface area contributed by atoms with Crippen LogP contribution >= 0.6 is 0 Å². The van der Waals surface area contributed by atoms with Crippen molar-refractivity contribution < 1.29 is 14.4 Å². The summed E-state index contributed by atoms with van der Waals surface area (Å²) in [5.74, 6) is -0.897. The Kier molecular flexibility index (Phi) is 4.20. The second kappa shape index (κ2) is 6.08. The van der Waals surface area contributed by atoms with E-state index >= 15 is 0 Å². The quantitative estimate of drug-likeness (QED) is 0.578. The highest BCUT2D eigenvalue weighted by molar-refractivity contribution is 5.95. The first kappa shape index (κ1) is 15.2. The van der Waals surface area contributed by atoms with Gasteiger partial charge in [-0.3, -0.25) is 14.9 Å². The maximum atomic E-state index is 11.9. The van der Waals surface area contributed by atoms with E-state index in [2.05, 4.69) is 26.0 Å². The van der Waals surface area contributed by atoms with Gasteiger partial charge in [-0.15, -0.1) is 0 Å². The number of aromatic nitrogens is 3. The van der Waals surface area contributed by atoms with E-state index in [0.29, 0.717) is 5.65 Å². The highest BCUT2D eigenvalue weighted by atomic mass is 16.2. The molecule has 116 valence electrons. The molecule has 2 heterocycles. The number of hydrogen-bond donors (Lipinski definition) is 4. The summed E-state index contributed by atoms with van der Waals surface area (Å²) in [6.07, 6.45) is 1.46. The molecule has 0 bridgehead atoms. The molecule has 2 aromatic rings. The van der Waals surface area contributed by atoms with Crippen LogP contribution in [0, 0.1) is 0 Å². The molecule has 0 fully saturated rings. The smallest absolute Gasteiger partial charge is 0.320 e. The third kappa shape index (κ3) is 3.29. The Labute approximate surface area is 125 Å². The van der Waals surface area contributed by atoms with Gasteiger partial charge in [0.1, 0.15) is 11.7 Å². The Morgan fingerprint density at radius 3 is 2.68 bits per heavy atom. The molecule has 0 aliphatic heterocycles. The maximum absolute atomic E-state index is 11.9. The van der Waals surface area contributed by atoms with Crippen LogP contribution in [-0.4, -0.2) is 45.5 Å². The van der Waals surface area contributed by atoms with Crippen LogP contribution in [0.15, 0.2) is 18.3 Å². The average Bonchev–Trinajstić information content (AvgIpc) is 2.87. The number of fused-ring (bicyclic) bond motifs is 1. The van der Waals surface area contributed by atoms with Crippen molar-refractivity contribution in [3.8, 4) is 0 Å². The summed E-state index contributed by atoms with van der Waals surface area (Å²) < 4.78 is 1.34. The van der Waals surface area contributed by atoms with Gasteiger partial charge in [-0.2, -0.15) is 5.10 Å². The minimum Gasteiger partial charge on any atom is -0.368 e. The van der Waals surface area contributed by atoms with Gasteiger partial charge >= 0.3 is 6.03 Å². The zero-order chi connectivity index (χ0) is 16.3. The van der Waals surface area contributed by atoms with Crippen LogP contribution in [0.3, 0.4) is 0 Å². The van der Waals surface area contributed by atoms with Crippen molar-refractivity contribution in [2.24, 2.45) is 5.73 Å². The molecule has 4 amide bonds. The van der Waals surface area contributed by atoms with Crippen molar-refractivity contribution in [1.82, 2.24) is 25.2 Å². The van der Waals surface area contributed by atoms with Crippen molar-refractivity contribution in [2.75, 3.05) is 12.4 Å². The first-order valence-corrected chi connectivity index (χ1v) is 6.36. The molecule has 5 N–H and O–H groups in total. The summed E-state index contributed by atoms with van der Waals surface area (Å²) >= 11 is 0. The largest absolute Gasteiger partial charge is 0.368 e. The second-order valence-electron chi connectivity index (χ2n) is 4.45. The van der Waals surface area contributed by atoms with Gasteiger partial charge in [-0.05, 0) is 19.1 Å². The number of anilines is 1. The fourth-order valence-electron chi connectivity index (χ4n) is 1.58. The van der Waals surface area contributed by atoms with Crippen molar-refractivity contribution in [3.63, 3.8) is 0 Å². The lowest BCUT2D eigenvalue weighted by Crippen LogP contribution is -2.42. The Hall–Kier alpha value is -3.17. The second-order valence-corrected chi connectivity index (χ2v) is 4.45. The molecule has 1 atom stereocenters. The summed E-state index contributed by atoms with van der Waals surface area (Å²) in [5.41, 5.74) is 5.62. The molecule has 0 aliphatic rings. The number of carbonyl (C=O) groups is 3. The Bertz CT molecular complexity index is 739. The number of carbonyl (C=O) groups excluding carboxylic acids is 3. The molecule has 2 aromatic heterocycles. The molecular formula is C12H15N7O3. The number of urea groups is 1. The van der Waals surface area contributed by atoms with Crippen LogP contribution in [0.2, 0.25) is 0 Å². The van der Waals surface area contributed by atoms with Crippen LogP contribution < -0.4 is 21.7 Å². The number of nitrogens with two attached hydrogens (primary N) is 1. The number of imidazole rings is 1. The number of nitrogens with zero attached hydrogens (tertiary/aromatic N) is 3. The topological polar surface area (TPSA) is 144 Å². The van der Waals surface area contributed by atoms with Crippen LogP contribution in [0.4, 0.5) is 10.6 Å². The Balaban J connectivity index is 2.21. The average molecular weight is 305 g/mol. The summed E-state index contributed by atoms with van der Waals surface area (Å²) in [6, 6.07) is 1.79. The number of amides is 4.